The number of anilines is 1. The third-order valence-electron chi connectivity index (χ3n) is 6.63. The van der Waals surface area contributed by atoms with Gasteiger partial charge in [-0.2, -0.15) is 0 Å². The van der Waals surface area contributed by atoms with Crippen molar-refractivity contribution in [1.29, 1.82) is 0 Å². The Morgan fingerprint density at radius 2 is 2.00 bits per heavy atom. The van der Waals surface area contributed by atoms with Gasteiger partial charge in [0.15, 0.2) is 0 Å². The fourth-order valence-electron chi connectivity index (χ4n) is 5.80. The average Bonchev–Trinajstić information content (AvgIpc) is 3.21. The van der Waals surface area contributed by atoms with E-state index in [1.54, 1.807) is 0 Å². The minimum atomic E-state index is -0.734. The van der Waals surface area contributed by atoms with Gasteiger partial charge in [0.05, 0.1) is 11.9 Å². The summed E-state index contributed by atoms with van der Waals surface area (Å²) in [6.45, 7) is 0.576. The lowest BCUT2D eigenvalue weighted by molar-refractivity contribution is -0.136. The number of rotatable bonds is 3. The molecule has 2 aromatic heterocycles. The molecule has 2 atom stereocenters. The van der Waals surface area contributed by atoms with Crippen LogP contribution in [-0.2, 0) is 9.59 Å². The highest BCUT2D eigenvalue weighted by Crippen LogP contribution is 2.63. The van der Waals surface area contributed by atoms with E-state index in [1.165, 1.54) is 44.4 Å². The number of hydrogen-bond acceptors (Lipinski definition) is 3. The number of carbonyl (C=O) groups is 2. The van der Waals surface area contributed by atoms with E-state index in [4.69, 9.17) is 0 Å². The highest BCUT2D eigenvalue weighted by molar-refractivity contribution is 6.40. The molecule has 0 aliphatic heterocycles. The van der Waals surface area contributed by atoms with Gasteiger partial charge in [-0.1, -0.05) is 0 Å². The highest BCUT2D eigenvalue weighted by atomic mass is 19.1. The van der Waals surface area contributed by atoms with Crippen molar-refractivity contribution in [2.24, 2.45) is 23.2 Å². The number of amides is 2. The maximum atomic E-state index is 13.4. The van der Waals surface area contributed by atoms with E-state index in [1.807, 2.05) is 0 Å². The van der Waals surface area contributed by atoms with E-state index in [0.717, 1.165) is 24.0 Å². The van der Waals surface area contributed by atoms with Crippen LogP contribution in [0.4, 0.5) is 10.1 Å². The Kier molecular flexibility index (Phi) is 3.36. The van der Waals surface area contributed by atoms with E-state index in [0.29, 0.717) is 23.3 Å². The lowest BCUT2D eigenvalue weighted by Crippen LogP contribution is -2.43. The summed E-state index contributed by atoms with van der Waals surface area (Å²) in [7, 11) is 0. The molecule has 136 valence electrons. The molecule has 2 heterocycles. The Balaban J connectivity index is 1.23. The largest absolute Gasteiger partial charge is 0.347 e. The van der Waals surface area contributed by atoms with E-state index in [-0.39, 0.29) is 5.41 Å². The molecule has 26 heavy (non-hydrogen) atoms. The summed E-state index contributed by atoms with van der Waals surface area (Å²) in [6.07, 6.45) is 8.86. The Bertz CT molecular complexity index is 889. The molecule has 4 aliphatic rings. The van der Waals surface area contributed by atoms with Crippen LogP contribution in [0, 0.1) is 29.0 Å². The average molecular weight is 356 g/mol. The van der Waals surface area contributed by atoms with Gasteiger partial charge in [0.1, 0.15) is 11.5 Å². The molecule has 2 aromatic rings. The van der Waals surface area contributed by atoms with Crippen molar-refractivity contribution in [3.8, 4) is 0 Å². The van der Waals surface area contributed by atoms with Crippen LogP contribution in [0.1, 0.15) is 32.1 Å². The van der Waals surface area contributed by atoms with Gasteiger partial charge in [-0.05, 0) is 61.3 Å². The zero-order valence-corrected chi connectivity index (χ0v) is 14.3. The second-order valence-electron chi connectivity index (χ2n) is 8.36. The number of aromatic nitrogens is 2. The first kappa shape index (κ1) is 15.8. The number of carbonyl (C=O) groups excluding carboxylic acids is 2. The molecular weight excluding hydrogens is 335 g/mol. The molecule has 0 spiro atoms. The third kappa shape index (κ3) is 2.48. The zero-order chi connectivity index (χ0) is 17.9. The van der Waals surface area contributed by atoms with Gasteiger partial charge in [-0.15, -0.1) is 0 Å². The molecule has 6 nitrogen and oxygen atoms in total. The van der Waals surface area contributed by atoms with Gasteiger partial charge in [0, 0.05) is 18.1 Å². The maximum Gasteiger partial charge on any atom is 0.313 e. The van der Waals surface area contributed by atoms with Crippen LogP contribution in [0.15, 0.2) is 18.5 Å². The van der Waals surface area contributed by atoms with Crippen LogP contribution in [0.5, 0.6) is 0 Å². The summed E-state index contributed by atoms with van der Waals surface area (Å²) in [5.41, 5.74) is 1.00. The molecule has 0 saturated heterocycles. The Morgan fingerprint density at radius 3 is 2.73 bits per heavy atom. The van der Waals surface area contributed by atoms with Crippen molar-refractivity contribution in [2.45, 2.75) is 32.1 Å². The second kappa shape index (κ2) is 5.53. The van der Waals surface area contributed by atoms with Gasteiger partial charge >= 0.3 is 11.8 Å². The maximum absolute atomic E-state index is 13.4. The van der Waals surface area contributed by atoms with Gasteiger partial charge in [0.25, 0.3) is 0 Å². The highest BCUT2D eigenvalue weighted by Gasteiger charge is 2.55. The van der Waals surface area contributed by atoms with Crippen molar-refractivity contribution in [1.82, 2.24) is 15.3 Å². The Morgan fingerprint density at radius 1 is 1.23 bits per heavy atom. The third-order valence-corrected chi connectivity index (χ3v) is 6.63. The topological polar surface area (TPSA) is 86.9 Å². The van der Waals surface area contributed by atoms with Crippen molar-refractivity contribution in [3.63, 3.8) is 0 Å². The fourth-order valence-corrected chi connectivity index (χ4v) is 5.80. The number of H-pyrrole nitrogens is 1. The predicted octanol–water partition coefficient (Wildman–Crippen LogP) is 2.58. The summed E-state index contributed by atoms with van der Waals surface area (Å²) < 4.78 is 13.4. The molecular formula is C19H21FN4O2. The summed E-state index contributed by atoms with van der Waals surface area (Å²) >= 11 is 0. The first-order valence-corrected chi connectivity index (χ1v) is 9.23. The van der Waals surface area contributed by atoms with Crippen molar-refractivity contribution >= 4 is 28.5 Å². The molecule has 4 aliphatic carbocycles. The molecule has 0 radical (unpaired) electrons. The second-order valence-corrected chi connectivity index (χ2v) is 8.36. The number of pyridine rings is 1. The van der Waals surface area contributed by atoms with Gasteiger partial charge in [0.2, 0.25) is 0 Å². The normalized spacial score (nSPS) is 31.5. The SMILES string of the molecule is O=C(NCC12CC3CC(C1)C(C3)C2)C(=O)Nc1c[nH]c2ncc(F)cc12. The minimum absolute atomic E-state index is 0.195. The summed E-state index contributed by atoms with van der Waals surface area (Å²) in [6, 6.07) is 1.28. The van der Waals surface area contributed by atoms with E-state index in [2.05, 4.69) is 20.6 Å². The molecule has 6 rings (SSSR count). The lowest BCUT2D eigenvalue weighted by atomic mass is 9.69. The smallest absolute Gasteiger partial charge is 0.313 e. The van der Waals surface area contributed by atoms with E-state index < -0.39 is 17.6 Å². The molecule has 7 heteroatoms. The molecule has 2 amide bonds. The van der Waals surface area contributed by atoms with E-state index in [9.17, 15) is 14.0 Å². The first-order chi connectivity index (χ1) is 12.5. The van der Waals surface area contributed by atoms with Crippen LogP contribution in [0.25, 0.3) is 11.0 Å². The van der Waals surface area contributed by atoms with Crippen LogP contribution < -0.4 is 10.6 Å². The number of hydrogen-bond donors (Lipinski definition) is 3. The lowest BCUT2D eigenvalue weighted by Gasteiger charge is -2.38. The number of fused-ring (bicyclic) bond motifs is 1. The number of nitrogens with one attached hydrogen (secondary N) is 3. The molecule has 2 unspecified atom stereocenters. The van der Waals surface area contributed by atoms with Crippen molar-refractivity contribution < 1.29 is 14.0 Å². The molecule has 4 saturated carbocycles. The standard InChI is InChI=1S/C19H21FN4O2/c20-13-3-14-15(8-22-16(14)21-7-13)24-18(26)17(25)23-9-19-4-10-1-11(5-19)12(2-10)6-19/h3,7-8,10-12H,1-2,4-6,9H2,(H,21,22)(H,23,25)(H,24,26). The quantitative estimate of drug-likeness (QED) is 0.739. The first-order valence-electron chi connectivity index (χ1n) is 9.23. The van der Waals surface area contributed by atoms with Crippen molar-refractivity contribution in [3.05, 3.63) is 24.3 Å². The number of nitrogens with zero attached hydrogens (tertiary/aromatic N) is 1. The fraction of sp³-hybridized carbons (Fsp3) is 0.526. The van der Waals surface area contributed by atoms with Gasteiger partial charge < -0.3 is 15.6 Å². The van der Waals surface area contributed by atoms with Crippen LogP contribution in [0.3, 0.4) is 0 Å². The number of halogens is 1. The van der Waals surface area contributed by atoms with Gasteiger partial charge in [-0.3, -0.25) is 9.59 Å². The predicted molar refractivity (Wildman–Crippen MR) is 93.7 cm³/mol. The number of aromatic amines is 1. The molecule has 4 bridgehead atoms. The molecule has 4 fully saturated rings. The summed E-state index contributed by atoms with van der Waals surface area (Å²) in [4.78, 5) is 31.2. The molecule has 3 N–H and O–H groups in total. The van der Waals surface area contributed by atoms with Gasteiger partial charge in [-0.25, -0.2) is 9.37 Å². The van der Waals surface area contributed by atoms with Crippen LogP contribution in [0.2, 0.25) is 0 Å². The summed E-state index contributed by atoms with van der Waals surface area (Å²) in [5, 5.41) is 5.82. The van der Waals surface area contributed by atoms with Crippen LogP contribution >= 0.6 is 0 Å². The van der Waals surface area contributed by atoms with Crippen molar-refractivity contribution in [2.75, 3.05) is 11.9 Å². The monoisotopic (exact) mass is 356 g/mol. The van der Waals surface area contributed by atoms with Crippen LogP contribution in [-0.4, -0.2) is 28.3 Å². The minimum Gasteiger partial charge on any atom is -0.347 e. The van der Waals surface area contributed by atoms with E-state index >= 15 is 0 Å². The summed E-state index contributed by atoms with van der Waals surface area (Å²) in [5.74, 6) is 0.596. The zero-order valence-electron chi connectivity index (χ0n) is 14.3. The Hall–Kier alpha value is -2.44. The Labute approximate surface area is 149 Å². The molecule has 0 aromatic carbocycles.